The third-order valence-corrected chi connectivity index (χ3v) is 11.8. The lowest BCUT2D eigenvalue weighted by Gasteiger charge is -2.49. The maximum atomic E-state index is 15.4. The fourth-order valence-electron chi connectivity index (χ4n) is 6.44. The Balaban J connectivity index is 1.37. The van der Waals surface area contributed by atoms with Crippen molar-refractivity contribution in [3.8, 4) is 0 Å². The van der Waals surface area contributed by atoms with Crippen molar-refractivity contribution >= 4 is 44.8 Å². The van der Waals surface area contributed by atoms with Gasteiger partial charge in [0.15, 0.2) is 0 Å². The molecule has 4 aromatic rings. The monoisotopic (exact) mass is 698 g/mol. The van der Waals surface area contributed by atoms with Crippen LogP contribution in [0.15, 0.2) is 77.2 Å². The number of halogens is 3. The first-order valence-electron chi connectivity index (χ1n) is 15.6. The molecule has 0 radical (unpaired) electrons. The molecule has 0 N–H and O–H groups in total. The molecule has 1 saturated heterocycles. The van der Waals surface area contributed by atoms with Crippen molar-refractivity contribution in [2.45, 2.75) is 68.6 Å². The van der Waals surface area contributed by atoms with E-state index in [0.29, 0.717) is 28.8 Å². The molecule has 0 unspecified atom stereocenters. The summed E-state index contributed by atoms with van der Waals surface area (Å²) in [5.74, 6) is -0.430. The van der Waals surface area contributed by atoms with Crippen LogP contribution in [0, 0.1) is 18.7 Å². The second-order valence-electron chi connectivity index (χ2n) is 12.4. The lowest BCUT2D eigenvalue weighted by atomic mass is 9.89. The van der Waals surface area contributed by atoms with Crippen LogP contribution in [0.2, 0.25) is 10.0 Å². The number of morpholine rings is 1. The number of rotatable bonds is 11. The van der Waals surface area contributed by atoms with Gasteiger partial charge in [-0.3, -0.25) is 9.10 Å². The number of aryl methyl sites for hydroxylation is 1. The summed E-state index contributed by atoms with van der Waals surface area (Å²) in [6.45, 7) is 1.55. The number of anilines is 1. The summed E-state index contributed by atoms with van der Waals surface area (Å²) < 4.78 is 56.9. The average Bonchev–Trinajstić information content (AvgIpc) is 3.98. The summed E-state index contributed by atoms with van der Waals surface area (Å²) in [4.78, 5) is 16.6. The topological polar surface area (TPSA) is 106 Å². The SMILES string of the molecule is Cc1nnc(C[C@H]2O[C@H](c3cccc(Cl)c3)[C@@H](c3ccc(Cl)cc3)N([C@H](CN(c3ccccc3F)S(=O)(=O)C3CC3)C3CC3)C2=O)o1. The number of ether oxygens (including phenoxy) is 1. The molecule has 0 spiro atoms. The molecule has 246 valence electrons. The van der Waals surface area contributed by atoms with Gasteiger partial charge in [0.2, 0.25) is 21.8 Å². The van der Waals surface area contributed by atoms with Gasteiger partial charge >= 0.3 is 0 Å². The molecule has 4 atom stereocenters. The number of hydrogen-bond donors (Lipinski definition) is 0. The summed E-state index contributed by atoms with van der Waals surface area (Å²) in [6.07, 6.45) is 0.839. The van der Waals surface area contributed by atoms with Gasteiger partial charge in [0.1, 0.15) is 18.0 Å². The zero-order chi connectivity index (χ0) is 32.9. The van der Waals surface area contributed by atoms with Crippen LogP contribution in [0.4, 0.5) is 10.1 Å². The minimum atomic E-state index is -3.92. The number of para-hydroxylation sites is 1. The Bertz CT molecular complexity index is 1880. The Kier molecular flexibility index (Phi) is 8.75. The number of carbonyl (C=O) groups excluding carboxylic acids is 1. The quantitative estimate of drug-likeness (QED) is 0.169. The van der Waals surface area contributed by atoms with E-state index in [1.807, 2.05) is 24.3 Å². The molecule has 7 rings (SSSR count). The smallest absolute Gasteiger partial charge is 0.253 e. The molecule has 3 aliphatic rings. The van der Waals surface area contributed by atoms with Crippen molar-refractivity contribution < 1.29 is 26.8 Å². The highest BCUT2D eigenvalue weighted by atomic mass is 35.5. The molecule has 2 aliphatic carbocycles. The van der Waals surface area contributed by atoms with Crippen LogP contribution < -0.4 is 4.31 Å². The maximum absolute atomic E-state index is 15.4. The second kappa shape index (κ2) is 12.8. The van der Waals surface area contributed by atoms with E-state index in [0.717, 1.165) is 24.0 Å². The van der Waals surface area contributed by atoms with Crippen molar-refractivity contribution in [1.82, 2.24) is 15.1 Å². The largest absolute Gasteiger partial charge is 0.425 e. The van der Waals surface area contributed by atoms with Gasteiger partial charge in [0.05, 0.1) is 36.0 Å². The Morgan fingerprint density at radius 1 is 0.957 bits per heavy atom. The summed E-state index contributed by atoms with van der Waals surface area (Å²) >= 11 is 12.8. The van der Waals surface area contributed by atoms with E-state index in [2.05, 4.69) is 10.2 Å². The third kappa shape index (κ3) is 6.63. The fourth-order valence-corrected chi connectivity index (χ4v) is 8.64. The molecule has 0 bridgehead atoms. The van der Waals surface area contributed by atoms with E-state index in [4.69, 9.17) is 32.4 Å². The lowest BCUT2D eigenvalue weighted by Crippen LogP contribution is -2.59. The predicted octanol–water partition coefficient (Wildman–Crippen LogP) is 6.85. The minimum Gasteiger partial charge on any atom is -0.425 e. The number of aromatic nitrogens is 2. The van der Waals surface area contributed by atoms with Crippen LogP contribution >= 0.6 is 23.2 Å². The van der Waals surface area contributed by atoms with Gasteiger partial charge < -0.3 is 14.1 Å². The van der Waals surface area contributed by atoms with Gasteiger partial charge in [-0.1, -0.05) is 59.6 Å². The summed E-state index contributed by atoms with van der Waals surface area (Å²) in [5, 5.41) is 8.46. The molecule has 1 amide bonds. The van der Waals surface area contributed by atoms with Gasteiger partial charge in [0.25, 0.3) is 5.91 Å². The number of amides is 1. The number of nitrogens with zero attached hydrogens (tertiary/aromatic N) is 4. The summed E-state index contributed by atoms with van der Waals surface area (Å²) in [6, 6.07) is 19.0. The standard InChI is InChI=1S/C34H33Cl2FN4O5S/c1-20-38-39-31(45-20)18-30-34(42)41(32(22-11-13-24(35)14-12-22)33(46-30)23-5-4-6-25(36)17-23)29(21-9-10-21)19-40(47(43,44)26-15-16-26)28-8-3-2-7-27(28)37/h2-8,11-14,17,21,26,29-30,32-33H,9-10,15-16,18-19H2,1H3/t29-,30-,32-,33-/m1/s1. The zero-order valence-corrected chi connectivity index (χ0v) is 27.8. The van der Waals surface area contributed by atoms with E-state index in [9.17, 15) is 13.2 Å². The van der Waals surface area contributed by atoms with Gasteiger partial charge in [-0.05, 0) is 79.1 Å². The molecule has 2 heterocycles. The maximum Gasteiger partial charge on any atom is 0.253 e. The van der Waals surface area contributed by atoms with Crippen LogP contribution in [-0.4, -0.2) is 53.4 Å². The van der Waals surface area contributed by atoms with E-state index in [1.54, 1.807) is 42.2 Å². The molecule has 1 aromatic heterocycles. The molecular weight excluding hydrogens is 666 g/mol. The van der Waals surface area contributed by atoms with E-state index in [-0.39, 0.29) is 36.4 Å². The molecule has 47 heavy (non-hydrogen) atoms. The molecule has 1 aliphatic heterocycles. The predicted molar refractivity (Wildman–Crippen MR) is 175 cm³/mol. The summed E-state index contributed by atoms with van der Waals surface area (Å²) in [5.41, 5.74) is 1.44. The van der Waals surface area contributed by atoms with Crippen LogP contribution in [0.1, 0.15) is 60.7 Å². The molecule has 2 saturated carbocycles. The molecular formula is C34H33Cl2FN4O5S. The third-order valence-electron chi connectivity index (χ3n) is 8.99. The van der Waals surface area contributed by atoms with E-state index >= 15 is 4.39 Å². The first-order valence-corrected chi connectivity index (χ1v) is 17.9. The lowest BCUT2D eigenvalue weighted by molar-refractivity contribution is -0.180. The van der Waals surface area contributed by atoms with Crippen LogP contribution in [0.3, 0.4) is 0 Å². The second-order valence-corrected chi connectivity index (χ2v) is 15.4. The fraction of sp³-hybridized carbons (Fsp3) is 0.382. The summed E-state index contributed by atoms with van der Waals surface area (Å²) in [7, 11) is -3.92. The highest BCUT2D eigenvalue weighted by molar-refractivity contribution is 7.93. The Hall–Kier alpha value is -3.51. The number of benzene rings is 3. The first kappa shape index (κ1) is 32.1. The number of sulfonamides is 1. The Labute approximate surface area is 282 Å². The Morgan fingerprint density at radius 3 is 2.34 bits per heavy atom. The van der Waals surface area contributed by atoms with Gasteiger partial charge in [-0.15, -0.1) is 10.2 Å². The van der Waals surface area contributed by atoms with Crippen molar-refractivity contribution in [2.24, 2.45) is 5.92 Å². The van der Waals surface area contributed by atoms with E-state index < -0.39 is 45.4 Å². The van der Waals surface area contributed by atoms with Crippen molar-refractivity contribution in [3.05, 3.63) is 112 Å². The highest BCUT2D eigenvalue weighted by Gasteiger charge is 2.52. The molecule has 3 aromatic carbocycles. The van der Waals surface area contributed by atoms with Crippen LogP contribution in [-0.2, 0) is 26.0 Å². The molecule has 9 nitrogen and oxygen atoms in total. The number of hydrogen-bond acceptors (Lipinski definition) is 7. The first-order chi connectivity index (χ1) is 22.6. The van der Waals surface area contributed by atoms with Gasteiger partial charge in [0, 0.05) is 17.0 Å². The van der Waals surface area contributed by atoms with Crippen molar-refractivity contribution in [3.63, 3.8) is 0 Å². The van der Waals surface area contributed by atoms with E-state index in [1.165, 1.54) is 22.5 Å². The molecule has 13 heteroatoms. The Morgan fingerprint density at radius 2 is 1.70 bits per heavy atom. The highest BCUT2D eigenvalue weighted by Crippen LogP contribution is 2.49. The minimum absolute atomic E-state index is 0.00929. The van der Waals surface area contributed by atoms with Gasteiger partial charge in [-0.2, -0.15) is 0 Å². The van der Waals surface area contributed by atoms with Crippen molar-refractivity contribution in [1.29, 1.82) is 0 Å². The normalized spacial score (nSPS) is 22.3. The number of carbonyl (C=O) groups is 1. The van der Waals surface area contributed by atoms with Crippen LogP contribution in [0.25, 0.3) is 0 Å². The van der Waals surface area contributed by atoms with Gasteiger partial charge in [-0.25, -0.2) is 12.8 Å². The average molecular weight is 700 g/mol. The zero-order valence-electron chi connectivity index (χ0n) is 25.5. The van der Waals surface area contributed by atoms with Crippen molar-refractivity contribution in [2.75, 3.05) is 10.8 Å². The van der Waals surface area contributed by atoms with Crippen LogP contribution in [0.5, 0.6) is 0 Å². The molecule has 3 fully saturated rings.